The van der Waals surface area contributed by atoms with Crippen molar-refractivity contribution >= 4 is 10.0 Å². The molecule has 0 heterocycles. The Morgan fingerprint density at radius 1 is 1.07 bits per heavy atom. The second-order valence-corrected chi connectivity index (χ2v) is 9.73. The first-order valence-electron chi connectivity index (χ1n) is 5.21. The van der Waals surface area contributed by atoms with Crippen LogP contribution in [-0.2, 0) is 0 Å². The predicted octanol–water partition coefficient (Wildman–Crippen LogP) is 4.74. The largest absolute Gasteiger partial charge is 0.224 e. The topological polar surface area (TPSA) is 0 Å². The van der Waals surface area contributed by atoms with Crippen LogP contribution in [0.2, 0.25) is 0 Å². The van der Waals surface area contributed by atoms with E-state index < -0.39 is 10.0 Å². The summed E-state index contributed by atoms with van der Waals surface area (Å²) in [6.07, 6.45) is 9.05. The molecule has 0 rings (SSSR count). The highest BCUT2D eigenvalue weighted by Crippen LogP contribution is 2.46. The maximum absolute atomic E-state index is 4.17. The van der Waals surface area contributed by atoms with Gasteiger partial charge in [0.15, 0.2) is 0 Å². The summed E-state index contributed by atoms with van der Waals surface area (Å²) in [6, 6.07) is 0. The summed E-state index contributed by atoms with van der Waals surface area (Å²) in [6.45, 7) is 16.9. The molecule has 0 bridgehead atoms. The zero-order valence-electron chi connectivity index (χ0n) is 11.4. The molecule has 0 aliphatic carbocycles. The molecule has 0 aromatic rings. The molecule has 0 saturated carbocycles. The van der Waals surface area contributed by atoms with Gasteiger partial charge in [-0.15, -0.1) is 0 Å². The van der Waals surface area contributed by atoms with E-state index >= 15 is 0 Å². The first-order chi connectivity index (χ1) is 6.49. The van der Waals surface area contributed by atoms with Gasteiger partial charge in [0.2, 0.25) is 0 Å². The standard InChI is InChI=1S/C14H26S/c1-11(2)14(5,6)12(3)10-13(4)15(7,8)9/h10H,1,4H2,2-3,5-9H3/b12-10+. The average molecular weight is 226 g/mol. The molecule has 88 valence electrons. The van der Waals surface area contributed by atoms with E-state index in [2.05, 4.69) is 65.7 Å². The lowest BCUT2D eigenvalue weighted by Crippen LogP contribution is -2.14. The fraction of sp³-hybridized carbons (Fsp3) is 0.571. The highest BCUT2D eigenvalue weighted by Gasteiger charge is 2.21. The monoisotopic (exact) mass is 226 g/mol. The Kier molecular flexibility index (Phi) is 4.48. The highest BCUT2D eigenvalue weighted by molar-refractivity contribution is 8.35. The molecule has 0 amide bonds. The lowest BCUT2D eigenvalue weighted by atomic mass is 9.79. The van der Waals surface area contributed by atoms with Crippen molar-refractivity contribution < 1.29 is 0 Å². The normalized spacial score (nSPS) is 15.0. The number of hydrogen-bond acceptors (Lipinski definition) is 0. The number of rotatable bonds is 4. The number of allylic oxidation sites excluding steroid dienone is 3. The lowest BCUT2D eigenvalue weighted by Gasteiger charge is -2.31. The Morgan fingerprint density at radius 2 is 1.47 bits per heavy atom. The molecule has 0 unspecified atom stereocenters. The molecule has 0 spiro atoms. The van der Waals surface area contributed by atoms with Gasteiger partial charge in [0.25, 0.3) is 0 Å². The first kappa shape index (κ1) is 14.6. The van der Waals surface area contributed by atoms with Gasteiger partial charge in [-0.25, -0.2) is 10.0 Å². The Bertz CT molecular complexity index is 298. The molecule has 0 aliphatic rings. The molecule has 0 atom stereocenters. The van der Waals surface area contributed by atoms with E-state index in [0.29, 0.717) is 0 Å². The summed E-state index contributed by atoms with van der Waals surface area (Å²) >= 11 is 0. The molecule has 0 saturated heterocycles. The highest BCUT2D eigenvalue weighted by atomic mass is 32.3. The molecule has 0 fully saturated rings. The van der Waals surface area contributed by atoms with Crippen LogP contribution in [0, 0.1) is 5.41 Å². The van der Waals surface area contributed by atoms with Gasteiger partial charge < -0.3 is 0 Å². The Balaban J connectivity index is 5.03. The van der Waals surface area contributed by atoms with Crippen LogP contribution in [0.3, 0.4) is 0 Å². The van der Waals surface area contributed by atoms with Crippen LogP contribution in [-0.4, -0.2) is 18.8 Å². The molecular weight excluding hydrogens is 200 g/mol. The molecule has 0 aliphatic heterocycles. The second kappa shape index (κ2) is 4.61. The summed E-state index contributed by atoms with van der Waals surface area (Å²) in [4.78, 5) is 1.26. The van der Waals surface area contributed by atoms with Crippen LogP contribution in [0.5, 0.6) is 0 Å². The van der Waals surface area contributed by atoms with E-state index in [1.54, 1.807) is 0 Å². The van der Waals surface area contributed by atoms with Crippen molar-refractivity contribution in [3.63, 3.8) is 0 Å². The average Bonchev–Trinajstić information content (AvgIpc) is 2.01. The summed E-state index contributed by atoms with van der Waals surface area (Å²) < 4.78 is 0. The van der Waals surface area contributed by atoms with Crippen molar-refractivity contribution in [2.75, 3.05) is 18.8 Å². The van der Waals surface area contributed by atoms with Crippen LogP contribution in [0.1, 0.15) is 27.7 Å². The van der Waals surface area contributed by atoms with Crippen LogP contribution in [0.25, 0.3) is 0 Å². The maximum atomic E-state index is 4.17. The molecule has 15 heavy (non-hydrogen) atoms. The minimum atomic E-state index is -0.684. The van der Waals surface area contributed by atoms with Crippen LogP contribution in [0.4, 0.5) is 0 Å². The zero-order valence-corrected chi connectivity index (χ0v) is 12.2. The van der Waals surface area contributed by atoms with Gasteiger partial charge in [-0.05, 0) is 37.5 Å². The van der Waals surface area contributed by atoms with E-state index in [1.165, 1.54) is 16.1 Å². The van der Waals surface area contributed by atoms with Crippen molar-refractivity contribution in [1.29, 1.82) is 0 Å². The minimum absolute atomic E-state index is 0.0770. The Labute approximate surface area is 97.5 Å². The Morgan fingerprint density at radius 3 is 1.73 bits per heavy atom. The smallest absolute Gasteiger partial charge is 0.00593 e. The van der Waals surface area contributed by atoms with Crippen molar-refractivity contribution in [1.82, 2.24) is 0 Å². The van der Waals surface area contributed by atoms with Crippen molar-refractivity contribution in [2.24, 2.45) is 5.41 Å². The van der Waals surface area contributed by atoms with Crippen LogP contribution < -0.4 is 0 Å². The predicted molar refractivity (Wildman–Crippen MR) is 76.9 cm³/mol. The van der Waals surface area contributed by atoms with E-state index in [4.69, 9.17) is 0 Å². The van der Waals surface area contributed by atoms with Crippen molar-refractivity contribution in [2.45, 2.75) is 27.7 Å². The van der Waals surface area contributed by atoms with E-state index in [-0.39, 0.29) is 5.41 Å². The third kappa shape index (κ3) is 3.90. The lowest BCUT2D eigenvalue weighted by molar-refractivity contribution is 0.540. The maximum Gasteiger partial charge on any atom is 0.00593 e. The summed E-state index contributed by atoms with van der Waals surface area (Å²) in [5.74, 6) is 0. The van der Waals surface area contributed by atoms with Gasteiger partial charge in [-0.1, -0.05) is 44.2 Å². The van der Waals surface area contributed by atoms with Crippen molar-refractivity contribution in [3.8, 4) is 0 Å². The van der Waals surface area contributed by atoms with E-state index in [1.807, 2.05) is 0 Å². The quantitative estimate of drug-likeness (QED) is 0.479. The first-order valence-corrected chi connectivity index (χ1v) is 8.07. The van der Waals surface area contributed by atoms with Gasteiger partial charge in [0, 0.05) is 5.41 Å². The van der Waals surface area contributed by atoms with Gasteiger partial charge in [-0.3, -0.25) is 0 Å². The fourth-order valence-electron chi connectivity index (χ4n) is 0.935. The number of hydrogen-bond donors (Lipinski definition) is 0. The molecule has 0 aromatic carbocycles. The third-order valence-corrected chi connectivity index (χ3v) is 4.91. The Hall–Kier alpha value is -0.430. The summed E-state index contributed by atoms with van der Waals surface area (Å²) in [7, 11) is -0.684. The zero-order chi connectivity index (χ0) is 12.4. The third-order valence-electron chi connectivity index (χ3n) is 3.22. The molecule has 1 heteroatoms. The van der Waals surface area contributed by atoms with Crippen LogP contribution in [0.15, 0.2) is 35.3 Å². The fourth-order valence-corrected chi connectivity index (χ4v) is 1.47. The molecule has 0 aromatic heterocycles. The summed E-state index contributed by atoms with van der Waals surface area (Å²) in [5, 5.41) is 0. The summed E-state index contributed by atoms with van der Waals surface area (Å²) in [5.41, 5.74) is 2.63. The van der Waals surface area contributed by atoms with Gasteiger partial charge in [0.05, 0.1) is 0 Å². The minimum Gasteiger partial charge on any atom is -0.224 e. The van der Waals surface area contributed by atoms with E-state index in [9.17, 15) is 0 Å². The van der Waals surface area contributed by atoms with Crippen LogP contribution >= 0.6 is 10.0 Å². The van der Waals surface area contributed by atoms with Gasteiger partial charge in [-0.2, -0.15) is 0 Å². The molecular formula is C14H26S. The molecule has 0 N–H and O–H groups in total. The van der Waals surface area contributed by atoms with Crippen molar-refractivity contribution in [3.05, 3.63) is 35.3 Å². The molecule has 0 radical (unpaired) electrons. The van der Waals surface area contributed by atoms with E-state index in [0.717, 1.165) is 0 Å². The SMILES string of the molecule is C=C(C)C(C)(C)/C(C)=C/C(=C)S(C)(C)C. The van der Waals surface area contributed by atoms with Gasteiger partial charge in [0.1, 0.15) is 0 Å². The second-order valence-electron chi connectivity index (χ2n) is 5.54. The molecule has 0 nitrogen and oxygen atoms in total. The van der Waals surface area contributed by atoms with Gasteiger partial charge >= 0.3 is 0 Å².